The Bertz CT molecular complexity index is 442. The number of hydrogen-bond acceptors (Lipinski definition) is 2. The van der Waals surface area contributed by atoms with E-state index < -0.39 is 0 Å². The van der Waals surface area contributed by atoms with Crippen molar-refractivity contribution in [1.29, 1.82) is 0 Å². The van der Waals surface area contributed by atoms with E-state index in [-0.39, 0.29) is 17.1 Å². The number of rotatable bonds is 3. The number of anilines is 1. The third-order valence-electron chi connectivity index (χ3n) is 3.55. The number of benzene rings is 1. The largest absolute Gasteiger partial charge is 0.325 e. The summed E-state index contributed by atoms with van der Waals surface area (Å²) in [6, 6.07) is 6.20. The van der Waals surface area contributed by atoms with Crippen LogP contribution in [0.4, 0.5) is 5.69 Å². The Morgan fingerprint density at radius 2 is 2.00 bits per heavy atom. The summed E-state index contributed by atoms with van der Waals surface area (Å²) in [4.78, 5) is 12.1. The first-order valence-corrected chi connectivity index (χ1v) is 7.21. The van der Waals surface area contributed by atoms with Crippen LogP contribution in [0.5, 0.6) is 0 Å². The lowest BCUT2D eigenvalue weighted by Crippen LogP contribution is -2.28. The van der Waals surface area contributed by atoms with Gasteiger partial charge in [0.25, 0.3) is 0 Å². The monoisotopic (exact) mass is 263 g/mol. The number of amides is 1. The fourth-order valence-corrected chi connectivity index (χ4v) is 2.47. The van der Waals surface area contributed by atoms with Crippen molar-refractivity contribution in [1.82, 2.24) is 0 Å². The van der Waals surface area contributed by atoms with E-state index in [1.165, 1.54) is 24.0 Å². The minimum Gasteiger partial charge on any atom is -0.325 e. The molecule has 98 valence electrons. The lowest BCUT2D eigenvalue weighted by atomic mass is 9.90. The normalized spacial score (nSPS) is 16.2. The minimum absolute atomic E-state index is 0.00677. The van der Waals surface area contributed by atoms with E-state index in [9.17, 15) is 4.79 Å². The number of nitrogens with one attached hydrogen (secondary N) is 1. The van der Waals surface area contributed by atoms with Crippen LogP contribution in [0.15, 0.2) is 18.2 Å². The van der Waals surface area contributed by atoms with Crippen molar-refractivity contribution < 1.29 is 4.79 Å². The van der Waals surface area contributed by atoms with Gasteiger partial charge in [-0.15, -0.1) is 0 Å². The molecule has 1 aromatic carbocycles. The van der Waals surface area contributed by atoms with Gasteiger partial charge in [-0.05, 0) is 48.8 Å². The first-order valence-electron chi connectivity index (χ1n) is 6.69. The van der Waals surface area contributed by atoms with Crippen molar-refractivity contribution in [2.75, 3.05) is 5.32 Å². The molecule has 0 aliphatic heterocycles. The maximum Gasteiger partial charge on any atom is 0.237 e. The minimum atomic E-state index is -0.246. The number of hydrogen-bond donors (Lipinski definition) is 2. The topological polar surface area (TPSA) is 29.1 Å². The lowest BCUT2D eigenvalue weighted by molar-refractivity contribution is -0.116. The molecule has 0 heterocycles. The summed E-state index contributed by atoms with van der Waals surface area (Å²) in [5, 5.41) is 2.79. The Morgan fingerprint density at radius 3 is 2.72 bits per heavy atom. The highest BCUT2D eigenvalue weighted by Crippen LogP contribution is 2.28. The van der Waals surface area contributed by atoms with Crippen LogP contribution in [0.25, 0.3) is 0 Å². The molecule has 18 heavy (non-hydrogen) atoms. The van der Waals surface area contributed by atoms with Gasteiger partial charge in [0.05, 0.1) is 5.25 Å². The van der Waals surface area contributed by atoms with Crippen LogP contribution in [0.2, 0.25) is 0 Å². The summed E-state index contributed by atoms with van der Waals surface area (Å²) in [5.74, 6) is 0.250. The highest BCUT2D eigenvalue weighted by molar-refractivity contribution is 7.81. The molecule has 0 saturated carbocycles. The molecule has 0 bridgehead atoms. The summed E-state index contributed by atoms with van der Waals surface area (Å²) in [5.41, 5.74) is 3.69. The van der Waals surface area contributed by atoms with Crippen molar-refractivity contribution >= 4 is 24.2 Å². The fourth-order valence-electron chi connectivity index (χ4n) is 2.41. The Balaban J connectivity index is 2.17. The summed E-state index contributed by atoms with van der Waals surface area (Å²) >= 11 is 4.36. The zero-order valence-electron chi connectivity index (χ0n) is 11.1. The van der Waals surface area contributed by atoms with Gasteiger partial charge in [-0.2, -0.15) is 12.6 Å². The molecule has 0 aromatic heterocycles. The summed E-state index contributed by atoms with van der Waals surface area (Å²) in [6.45, 7) is 4.02. The summed E-state index contributed by atoms with van der Waals surface area (Å²) in [6.07, 6.45) is 4.68. The van der Waals surface area contributed by atoms with E-state index in [4.69, 9.17) is 0 Å². The van der Waals surface area contributed by atoms with E-state index in [1.807, 2.05) is 26.0 Å². The molecule has 0 spiro atoms. The second-order valence-corrected chi connectivity index (χ2v) is 5.88. The maximum absolute atomic E-state index is 12.1. The molecule has 1 atom stereocenters. The smallest absolute Gasteiger partial charge is 0.237 e. The van der Waals surface area contributed by atoms with Gasteiger partial charge in [-0.3, -0.25) is 4.79 Å². The van der Waals surface area contributed by atoms with Crippen LogP contribution < -0.4 is 5.32 Å². The first kappa shape index (κ1) is 13.5. The number of thiol groups is 1. The Hall–Kier alpha value is -0.960. The van der Waals surface area contributed by atoms with Crippen LogP contribution in [0.1, 0.15) is 37.8 Å². The highest BCUT2D eigenvalue weighted by atomic mass is 32.1. The summed E-state index contributed by atoms with van der Waals surface area (Å²) in [7, 11) is 0. The highest BCUT2D eigenvalue weighted by Gasteiger charge is 2.20. The molecule has 1 amide bonds. The van der Waals surface area contributed by atoms with Gasteiger partial charge in [-0.25, -0.2) is 0 Å². The van der Waals surface area contributed by atoms with Crippen LogP contribution in [-0.2, 0) is 17.6 Å². The van der Waals surface area contributed by atoms with E-state index in [1.54, 1.807) is 0 Å². The van der Waals surface area contributed by atoms with Gasteiger partial charge in [0.1, 0.15) is 0 Å². The molecule has 1 aromatic rings. The Kier molecular flexibility index (Phi) is 4.33. The molecular formula is C15H21NOS. The molecule has 2 nitrogen and oxygen atoms in total. The van der Waals surface area contributed by atoms with Gasteiger partial charge < -0.3 is 5.32 Å². The van der Waals surface area contributed by atoms with Crippen LogP contribution in [0.3, 0.4) is 0 Å². The molecule has 1 unspecified atom stereocenters. The quantitative estimate of drug-likeness (QED) is 0.803. The van der Waals surface area contributed by atoms with Crippen molar-refractivity contribution in [2.45, 2.75) is 44.8 Å². The number of carbonyl (C=O) groups is 1. The zero-order valence-corrected chi connectivity index (χ0v) is 12.0. The predicted molar refractivity (Wildman–Crippen MR) is 79.3 cm³/mol. The van der Waals surface area contributed by atoms with Crippen molar-refractivity contribution in [3.63, 3.8) is 0 Å². The van der Waals surface area contributed by atoms with Gasteiger partial charge in [0.15, 0.2) is 0 Å². The predicted octanol–water partition coefficient (Wildman–Crippen LogP) is 3.46. The number of aryl methyl sites for hydroxylation is 1. The molecule has 0 radical (unpaired) electrons. The average molecular weight is 263 g/mol. The first-order chi connectivity index (χ1) is 8.59. The SMILES string of the molecule is CC(C)C(S)C(=O)Nc1cccc2c1CCCC2. The average Bonchev–Trinajstić information content (AvgIpc) is 2.38. The van der Waals surface area contributed by atoms with Gasteiger partial charge in [0, 0.05) is 5.69 Å². The van der Waals surface area contributed by atoms with Crippen LogP contribution >= 0.6 is 12.6 Å². The van der Waals surface area contributed by atoms with Gasteiger partial charge >= 0.3 is 0 Å². The Labute approximate surface area is 115 Å². The maximum atomic E-state index is 12.1. The summed E-state index contributed by atoms with van der Waals surface area (Å²) < 4.78 is 0. The molecule has 1 aliphatic rings. The van der Waals surface area contributed by atoms with Crippen molar-refractivity contribution in [3.8, 4) is 0 Å². The molecule has 3 heteroatoms. The number of carbonyl (C=O) groups excluding carboxylic acids is 1. The van der Waals surface area contributed by atoms with Crippen LogP contribution in [-0.4, -0.2) is 11.2 Å². The van der Waals surface area contributed by atoms with Crippen molar-refractivity contribution in [2.24, 2.45) is 5.92 Å². The van der Waals surface area contributed by atoms with E-state index in [0.29, 0.717) is 0 Å². The zero-order chi connectivity index (χ0) is 13.1. The molecule has 1 aliphatic carbocycles. The molecule has 1 N–H and O–H groups in total. The Morgan fingerprint density at radius 1 is 1.28 bits per heavy atom. The third-order valence-corrected chi connectivity index (χ3v) is 4.38. The molecule has 0 fully saturated rings. The van der Waals surface area contributed by atoms with E-state index in [0.717, 1.165) is 18.5 Å². The fraction of sp³-hybridized carbons (Fsp3) is 0.533. The lowest BCUT2D eigenvalue weighted by Gasteiger charge is -2.21. The second-order valence-electron chi connectivity index (χ2n) is 5.33. The molecular weight excluding hydrogens is 242 g/mol. The molecule has 0 saturated heterocycles. The number of fused-ring (bicyclic) bond motifs is 1. The van der Waals surface area contributed by atoms with Gasteiger partial charge in [0.2, 0.25) is 5.91 Å². The van der Waals surface area contributed by atoms with Crippen LogP contribution in [0, 0.1) is 5.92 Å². The second kappa shape index (κ2) is 5.79. The van der Waals surface area contributed by atoms with E-state index in [2.05, 4.69) is 24.0 Å². The van der Waals surface area contributed by atoms with Crippen molar-refractivity contribution in [3.05, 3.63) is 29.3 Å². The van der Waals surface area contributed by atoms with E-state index >= 15 is 0 Å². The standard InChI is InChI=1S/C15H21NOS/c1-10(2)14(18)15(17)16-13-9-5-7-11-6-3-4-8-12(11)13/h5,7,9-10,14,18H,3-4,6,8H2,1-2H3,(H,16,17). The third kappa shape index (κ3) is 2.89. The van der Waals surface area contributed by atoms with Gasteiger partial charge in [-0.1, -0.05) is 26.0 Å². The molecule has 2 rings (SSSR count).